The number of likely N-dealkylation sites (tertiary alicyclic amines) is 1. The number of alkyl halides is 1. The van der Waals surface area contributed by atoms with Crippen LogP contribution in [0.4, 0.5) is 4.39 Å². The van der Waals surface area contributed by atoms with Gasteiger partial charge in [0.05, 0.1) is 20.8 Å². The highest BCUT2D eigenvalue weighted by atomic mass is 19.1. The molecular weight excluding hydrogens is 281 g/mol. The predicted octanol–water partition coefficient (Wildman–Crippen LogP) is 1.34. The van der Waals surface area contributed by atoms with Gasteiger partial charge in [0.15, 0.2) is 0 Å². The van der Waals surface area contributed by atoms with Crippen molar-refractivity contribution >= 4 is 11.9 Å². The maximum Gasteiger partial charge on any atom is 0.343 e. The van der Waals surface area contributed by atoms with Crippen LogP contribution >= 0.6 is 0 Å². The smallest absolute Gasteiger partial charge is 0.343 e. The van der Waals surface area contributed by atoms with E-state index in [9.17, 15) is 14.0 Å². The van der Waals surface area contributed by atoms with Gasteiger partial charge in [-0.2, -0.15) is 0 Å². The number of aliphatic carboxylic acids is 1. The zero-order chi connectivity index (χ0) is 15.6. The van der Waals surface area contributed by atoms with Crippen LogP contribution in [-0.2, 0) is 4.79 Å². The van der Waals surface area contributed by atoms with E-state index >= 15 is 0 Å². The molecule has 2 rings (SSSR count). The number of benzene rings is 1. The summed E-state index contributed by atoms with van der Waals surface area (Å²) >= 11 is 0. The molecule has 1 aliphatic heterocycles. The van der Waals surface area contributed by atoms with Gasteiger partial charge in [-0.3, -0.25) is 4.79 Å². The first-order valence-corrected chi connectivity index (χ1v) is 6.34. The largest absolute Gasteiger partial charge is 0.497 e. The Kier molecular flexibility index (Phi) is 4.02. The minimum atomic E-state index is -2.38. The Morgan fingerprint density at radius 2 is 1.81 bits per heavy atom. The summed E-state index contributed by atoms with van der Waals surface area (Å²) in [5, 5.41) is 8.85. The number of carbonyl (C=O) groups is 2. The predicted molar refractivity (Wildman–Crippen MR) is 71.5 cm³/mol. The van der Waals surface area contributed by atoms with Crippen molar-refractivity contribution < 1.29 is 28.6 Å². The molecule has 1 saturated heterocycles. The molecule has 1 atom stereocenters. The first-order valence-electron chi connectivity index (χ1n) is 6.34. The number of carboxylic acid groups (broad SMARTS) is 1. The summed E-state index contributed by atoms with van der Waals surface area (Å²) in [7, 11) is 2.91. The Bertz CT molecular complexity index is 554. The number of ether oxygens (including phenoxy) is 2. The third kappa shape index (κ3) is 2.91. The van der Waals surface area contributed by atoms with Crippen molar-refractivity contribution in [3.63, 3.8) is 0 Å². The van der Waals surface area contributed by atoms with Gasteiger partial charge in [0, 0.05) is 24.6 Å². The first kappa shape index (κ1) is 15.1. The topological polar surface area (TPSA) is 76.1 Å². The van der Waals surface area contributed by atoms with E-state index < -0.39 is 24.1 Å². The molecule has 1 N–H and O–H groups in total. The molecule has 6 nitrogen and oxygen atoms in total. The zero-order valence-electron chi connectivity index (χ0n) is 11.8. The Morgan fingerprint density at radius 3 is 2.24 bits per heavy atom. The van der Waals surface area contributed by atoms with Gasteiger partial charge in [-0.25, -0.2) is 9.18 Å². The van der Waals surface area contributed by atoms with Crippen LogP contribution < -0.4 is 9.47 Å². The van der Waals surface area contributed by atoms with E-state index in [2.05, 4.69) is 0 Å². The summed E-state index contributed by atoms with van der Waals surface area (Å²) in [6.45, 7) is -0.401. The summed E-state index contributed by atoms with van der Waals surface area (Å²) in [5.74, 6) is -1.13. The second kappa shape index (κ2) is 5.59. The third-order valence-corrected chi connectivity index (χ3v) is 3.49. The molecular formula is C14H16FNO5. The van der Waals surface area contributed by atoms with Gasteiger partial charge in [-0.15, -0.1) is 0 Å². The monoisotopic (exact) mass is 297 g/mol. The molecule has 114 valence electrons. The number of nitrogens with zero attached hydrogens (tertiary/aromatic N) is 1. The number of halogens is 1. The summed E-state index contributed by atoms with van der Waals surface area (Å²) in [5.41, 5.74) is -2.11. The fourth-order valence-corrected chi connectivity index (χ4v) is 2.23. The van der Waals surface area contributed by atoms with Gasteiger partial charge >= 0.3 is 5.97 Å². The molecule has 1 aliphatic rings. The second-order valence-corrected chi connectivity index (χ2v) is 4.85. The average molecular weight is 297 g/mol. The SMILES string of the molecule is COc1cc(OC)cc(C(=O)N2CCC(F)(C(=O)O)C2)c1. The van der Waals surface area contributed by atoms with Crippen LogP contribution in [-0.4, -0.2) is 54.9 Å². The molecule has 21 heavy (non-hydrogen) atoms. The van der Waals surface area contributed by atoms with Crippen molar-refractivity contribution in [3.8, 4) is 11.5 Å². The van der Waals surface area contributed by atoms with Crippen molar-refractivity contribution in [2.45, 2.75) is 12.1 Å². The van der Waals surface area contributed by atoms with Gasteiger partial charge in [0.1, 0.15) is 11.5 Å². The summed E-state index contributed by atoms with van der Waals surface area (Å²) < 4.78 is 24.2. The second-order valence-electron chi connectivity index (χ2n) is 4.85. The number of carbonyl (C=O) groups excluding carboxylic acids is 1. The molecule has 1 heterocycles. The molecule has 0 aromatic heterocycles. The first-order chi connectivity index (χ1) is 9.89. The van der Waals surface area contributed by atoms with Crippen molar-refractivity contribution in [1.29, 1.82) is 0 Å². The van der Waals surface area contributed by atoms with Gasteiger partial charge in [0.25, 0.3) is 5.91 Å². The molecule has 1 aromatic carbocycles. The number of methoxy groups -OCH3 is 2. The molecule has 0 spiro atoms. The Balaban J connectivity index is 2.23. The van der Waals surface area contributed by atoms with Crippen LogP contribution in [0.25, 0.3) is 0 Å². The Labute approximate surface area is 121 Å². The van der Waals surface area contributed by atoms with Crippen molar-refractivity contribution in [2.24, 2.45) is 0 Å². The summed E-state index contributed by atoms with van der Waals surface area (Å²) in [4.78, 5) is 24.4. The van der Waals surface area contributed by atoms with E-state index in [0.29, 0.717) is 11.5 Å². The van der Waals surface area contributed by atoms with Crippen LogP contribution in [0.2, 0.25) is 0 Å². The van der Waals surface area contributed by atoms with Gasteiger partial charge in [-0.05, 0) is 12.1 Å². The molecule has 1 aromatic rings. The molecule has 0 aliphatic carbocycles. The average Bonchev–Trinajstić information content (AvgIpc) is 2.89. The molecule has 7 heteroatoms. The van der Waals surface area contributed by atoms with Crippen molar-refractivity contribution in [1.82, 2.24) is 4.90 Å². The fraction of sp³-hybridized carbons (Fsp3) is 0.429. The van der Waals surface area contributed by atoms with Crippen LogP contribution in [0.1, 0.15) is 16.8 Å². The van der Waals surface area contributed by atoms with E-state index in [1.165, 1.54) is 31.3 Å². The molecule has 1 fully saturated rings. The number of rotatable bonds is 4. The summed E-state index contributed by atoms with van der Waals surface area (Å²) in [6, 6.07) is 4.62. The molecule has 1 amide bonds. The minimum Gasteiger partial charge on any atom is -0.497 e. The number of hydrogen-bond donors (Lipinski definition) is 1. The maximum absolute atomic E-state index is 14.0. The standard InChI is InChI=1S/C14H16FNO5/c1-20-10-5-9(6-11(7-10)21-2)12(17)16-4-3-14(15,8-16)13(18)19/h5-7H,3-4,8H2,1-2H3,(H,18,19). The highest BCUT2D eigenvalue weighted by molar-refractivity contribution is 5.96. The van der Waals surface area contributed by atoms with E-state index in [4.69, 9.17) is 14.6 Å². The number of carboxylic acids is 1. The van der Waals surface area contributed by atoms with E-state index in [1.807, 2.05) is 0 Å². The molecule has 1 unspecified atom stereocenters. The lowest BCUT2D eigenvalue weighted by Gasteiger charge is -2.18. The Hall–Kier alpha value is -2.31. The highest BCUT2D eigenvalue weighted by Crippen LogP contribution is 2.29. The minimum absolute atomic E-state index is 0.0567. The van der Waals surface area contributed by atoms with Crippen LogP contribution in [0.3, 0.4) is 0 Å². The lowest BCUT2D eigenvalue weighted by molar-refractivity contribution is -0.149. The number of amides is 1. The van der Waals surface area contributed by atoms with Gasteiger partial charge in [-0.1, -0.05) is 0 Å². The lowest BCUT2D eigenvalue weighted by Crippen LogP contribution is -2.38. The normalized spacial score (nSPS) is 21.2. The summed E-state index contributed by atoms with van der Waals surface area (Å²) in [6.07, 6.45) is -0.213. The van der Waals surface area contributed by atoms with Crippen molar-refractivity contribution in [2.75, 3.05) is 27.3 Å². The highest BCUT2D eigenvalue weighted by Gasteiger charge is 2.47. The van der Waals surface area contributed by atoms with Crippen LogP contribution in [0.15, 0.2) is 18.2 Å². The fourth-order valence-electron chi connectivity index (χ4n) is 2.23. The van der Waals surface area contributed by atoms with Gasteiger partial charge < -0.3 is 19.5 Å². The van der Waals surface area contributed by atoms with Crippen LogP contribution in [0, 0.1) is 0 Å². The number of hydrogen-bond acceptors (Lipinski definition) is 4. The lowest BCUT2D eigenvalue weighted by atomic mass is 10.1. The zero-order valence-corrected chi connectivity index (χ0v) is 11.8. The quantitative estimate of drug-likeness (QED) is 0.907. The van der Waals surface area contributed by atoms with Crippen molar-refractivity contribution in [3.05, 3.63) is 23.8 Å². The molecule has 0 radical (unpaired) electrons. The molecule has 0 bridgehead atoms. The van der Waals surface area contributed by atoms with Gasteiger partial charge in [0.2, 0.25) is 5.67 Å². The Morgan fingerprint density at radius 1 is 1.24 bits per heavy atom. The molecule has 0 saturated carbocycles. The maximum atomic E-state index is 14.0. The van der Waals surface area contributed by atoms with Crippen LogP contribution in [0.5, 0.6) is 11.5 Å². The van der Waals surface area contributed by atoms with E-state index in [-0.39, 0.29) is 18.5 Å². The van der Waals surface area contributed by atoms with E-state index in [1.54, 1.807) is 6.07 Å². The van der Waals surface area contributed by atoms with E-state index in [0.717, 1.165) is 0 Å². The third-order valence-electron chi connectivity index (χ3n) is 3.49.